The minimum atomic E-state index is -0.391. The summed E-state index contributed by atoms with van der Waals surface area (Å²) in [5.74, 6) is 0.130. The van der Waals surface area contributed by atoms with Gasteiger partial charge in [0.1, 0.15) is 17.9 Å². The molecule has 0 aliphatic heterocycles. The Labute approximate surface area is 103 Å². The SMILES string of the molecule is C=CCOc1ccc(C)cc1C(=O)OC.CC. The molecule has 3 heteroatoms. The standard InChI is InChI=1S/C12H14O3.C2H6/c1-4-7-15-11-6-5-9(2)8-10(11)12(13)14-3;1-2/h4-6,8H,1,7H2,2-3H3;1-2H3. The van der Waals surface area contributed by atoms with Crippen molar-refractivity contribution in [2.24, 2.45) is 0 Å². The molecule has 3 nitrogen and oxygen atoms in total. The zero-order chi connectivity index (χ0) is 13.3. The van der Waals surface area contributed by atoms with E-state index < -0.39 is 5.97 Å². The Morgan fingerprint density at radius 2 is 2.06 bits per heavy atom. The number of rotatable bonds is 4. The van der Waals surface area contributed by atoms with Crippen LogP contribution in [0.1, 0.15) is 29.8 Å². The van der Waals surface area contributed by atoms with Gasteiger partial charge < -0.3 is 9.47 Å². The Morgan fingerprint density at radius 1 is 1.41 bits per heavy atom. The molecule has 17 heavy (non-hydrogen) atoms. The average Bonchev–Trinajstić information content (AvgIpc) is 2.38. The van der Waals surface area contributed by atoms with E-state index in [1.807, 2.05) is 26.8 Å². The molecule has 0 spiro atoms. The van der Waals surface area contributed by atoms with Gasteiger partial charge in [-0.15, -0.1) is 0 Å². The zero-order valence-corrected chi connectivity index (χ0v) is 10.9. The Kier molecular flexibility index (Phi) is 7.52. The van der Waals surface area contributed by atoms with Crippen LogP contribution in [0.2, 0.25) is 0 Å². The molecule has 0 atom stereocenters. The van der Waals surface area contributed by atoms with Crippen molar-refractivity contribution in [1.29, 1.82) is 0 Å². The molecule has 0 radical (unpaired) electrons. The van der Waals surface area contributed by atoms with Crippen LogP contribution in [0, 0.1) is 6.92 Å². The van der Waals surface area contributed by atoms with Crippen molar-refractivity contribution in [1.82, 2.24) is 0 Å². The molecule has 0 aliphatic rings. The molecule has 0 heterocycles. The second kappa shape index (κ2) is 8.39. The predicted molar refractivity (Wildman–Crippen MR) is 69.6 cm³/mol. The molecule has 0 unspecified atom stereocenters. The maximum atomic E-state index is 11.4. The molecule has 0 fully saturated rings. The first kappa shape index (κ1) is 15.2. The van der Waals surface area contributed by atoms with Gasteiger partial charge in [-0.3, -0.25) is 0 Å². The van der Waals surface area contributed by atoms with E-state index in [-0.39, 0.29) is 0 Å². The molecule has 0 saturated carbocycles. The number of hydrogen-bond acceptors (Lipinski definition) is 3. The normalized spacial score (nSPS) is 8.71. The molecule has 0 aliphatic carbocycles. The summed E-state index contributed by atoms with van der Waals surface area (Å²) in [4.78, 5) is 11.4. The fourth-order valence-electron chi connectivity index (χ4n) is 1.19. The number of carbonyl (C=O) groups excluding carboxylic acids is 1. The van der Waals surface area contributed by atoms with Gasteiger partial charge in [0.2, 0.25) is 0 Å². The summed E-state index contributed by atoms with van der Waals surface area (Å²) in [6.45, 7) is 9.82. The largest absolute Gasteiger partial charge is 0.489 e. The van der Waals surface area contributed by atoms with Crippen molar-refractivity contribution >= 4 is 5.97 Å². The monoisotopic (exact) mass is 236 g/mol. The molecule has 1 aromatic rings. The smallest absolute Gasteiger partial charge is 0.341 e. The number of hydrogen-bond donors (Lipinski definition) is 0. The molecule has 0 saturated heterocycles. The Bertz CT molecular complexity index is 370. The highest BCUT2D eigenvalue weighted by Crippen LogP contribution is 2.20. The number of benzene rings is 1. The lowest BCUT2D eigenvalue weighted by atomic mass is 10.1. The molecule has 1 aromatic carbocycles. The van der Waals surface area contributed by atoms with Gasteiger partial charge in [0.05, 0.1) is 7.11 Å². The molecule has 1 rings (SSSR count). The lowest BCUT2D eigenvalue weighted by Crippen LogP contribution is -2.06. The van der Waals surface area contributed by atoms with Gasteiger partial charge in [0.25, 0.3) is 0 Å². The van der Waals surface area contributed by atoms with Gasteiger partial charge >= 0.3 is 5.97 Å². The average molecular weight is 236 g/mol. The van der Waals surface area contributed by atoms with E-state index in [9.17, 15) is 4.79 Å². The maximum absolute atomic E-state index is 11.4. The first-order chi connectivity index (χ1) is 8.19. The number of carbonyl (C=O) groups is 1. The lowest BCUT2D eigenvalue weighted by Gasteiger charge is -2.09. The van der Waals surface area contributed by atoms with Gasteiger partial charge in [-0.1, -0.05) is 38.1 Å². The van der Waals surface area contributed by atoms with Crippen LogP contribution in [-0.2, 0) is 4.74 Å². The summed E-state index contributed by atoms with van der Waals surface area (Å²) in [6.07, 6.45) is 1.63. The van der Waals surface area contributed by atoms with Crippen LogP contribution in [-0.4, -0.2) is 19.7 Å². The third kappa shape index (κ3) is 4.72. The van der Waals surface area contributed by atoms with Crippen LogP contribution >= 0.6 is 0 Å². The fourth-order valence-corrected chi connectivity index (χ4v) is 1.19. The van der Waals surface area contributed by atoms with Gasteiger partial charge in [-0.2, -0.15) is 0 Å². The Balaban J connectivity index is 0.00000121. The summed E-state index contributed by atoms with van der Waals surface area (Å²) in [6, 6.07) is 5.38. The van der Waals surface area contributed by atoms with E-state index in [4.69, 9.17) is 4.74 Å². The topological polar surface area (TPSA) is 35.5 Å². The van der Waals surface area contributed by atoms with Crippen molar-refractivity contribution in [3.63, 3.8) is 0 Å². The van der Waals surface area contributed by atoms with Crippen LogP contribution in [0.5, 0.6) is 5.75 Å². The first-order valence-electron chi connectivity index (χ1n) is 5.61. The molecule has 94 valence electrons. The number of methoxy groups -OCH3 is 1. The molecule has 0 aromatic heterocycles. The van der Waals surface area contributed by atoms with E-state index in [1.165, 1.54) is 7.11 Å². The molecule has 0 bridgehead atoms. The summed E-state index contributed by atoms with van der Waals surface area (Å²) in [5.41, 5.74) is 1.43. The highest BCUT2D eigenvalue weighted by atomic mass is 16.5. The zero-order valence-electron chi connectivity index (χ0n) is 10.9. The van der Waals surface area contributed by atoms with E-state index in [1.54, 1.807) is 18.2 Å². The van der Waals surface area contributed by atoms with Crippen LogP contribution in [0.4, 0.5) is 0 Å². The van der Waals surface area contributed by atoms with E-state index in [0.717, 1.165) is 5.56 Å². The van der Waals surface area contributed by atoms with Gasteiger partial charge in [0.15, 0.2) is 0 Å². The minimum Gasteiger partial charge on any atom is -0.489 e. The van der Waals surface area contributed by atoms with Crippen molar-refractivity contribution in [3.05, 3.63) is 42.0 Å². The fraction of sp³-hybridized carbons (Fsp3) is 0.357. The van der Waals surface area contributed by atoms with Crippen LogP contribution in [0.15, 0.2) is 30.9 Å². The van der Waals surface area contributed by atoms with Crippen LogP contribution in [0.25, 0.3) is 0 Å². The van der Waals surface area contributed by atoms with Crippen molar-refractivity contribution in [2.75, 3.05) is 13.7 Å². The van der Waals surface area contributed by atoms with Crippen LogP contribution < -0.4 is 4.74 Å². The summed E-state index contributed by atoms with van der Waals surface area (Å²) < 4.78 is 10.0. The summed E-state index contributed by atoms with van der Waals surface area (Å²) in [7, 11) is 1.35. The first-order valence-corrected chi connectivity index (χ1v) is 5.61. The maximum Gasteiger partial charge on any atom is 0.341 e. The summed E-state index contributed by atoms with van der Waals surface area (Å²) >= 11 is 0. The quantitative estimate of drug-likeness (QED) is 0.594. The summed E-state index contributed by atoms with van der Waals surface area (Å²) in [5, 5.41) is 0. The van der Waals surface area contributed by atoms with E-state index in [0.29, 0.717) is 17.9 Å². The second-order valence-corrected chi connectivity index (χ2v) is 3.09. The number of ether oxygens (including phenoxy) is 2. The minimum absolute atomic E-state index is 0.368. The number of aryl methyl sites for hydroxylation is 1. The lowest BCUT2D eigenvalue weighted by molar-refractivity contribution is 0.0596. The molecule has 0 amide bonds. The van der Waals surface area contributed by atoms with Gasteiger partial charge in [-0.05, 0) is 19.1 Å². The van der Waals surface area contributed by atoms with Gasteiger partial charge in [0, 0.05) is 0 Å². The van der Waals surface area contributed by atoms with E-state index >= 15 is 0 Å². The molecular weight excluding hydrogens is 216 g/mol. The number of esters is 1. The van der Waals surface area contributed by atoms with Crippen molar-refractivity contribution < 1.29 is 14.3 Å². The van der Waals surface area contributed by atoms with Crippen LogP contribution in [0.3, 0.4) is 0 Å². The highest BCUT2D eigenvalue weighted by Gasteiger charge is 2.12. The second-order valence-electron chi connectivity index (χ2n) is 3.09. The van der Waals surface area contributed by atoms with Crippen molar-refractivity contribution in [3.8, 4) is 5.75 Å². The molecular formula is C14H20O3. The highest BCUT2D eigenvalue weighted by molar-refractivity contribution is 5.92. The van der Waals surface area contributed by atoms with Gasteiger partial charge in [-0.25, -0.2) is 4.79 Å². The predicted octanol–water partition coefficient (Wildman–Crippen LogP) is 3.37. The Morgan fingerprint density at radius 3 is 2.59 bits per heavy atom. The Hall–Kier alpha value is -1.77. The molecule has 0 N–H and O–H groups in total. The van der Waals surface area contributed by atoms with E-state index in [2.05, 4.69) is 11.3 Å². The van der Waals surface area contributed by atoms with Crippen molar-refractivity contribution in [2.45, 2.75) is 20.8 Å². The third-order valence-electron chi connectivity index (χ3n) is 1.90. The third-order valence-corrected chi connectivity index (χ3v) is 1.90.